The van der Waals surface area contributed by atoms with Crippen molar-refractivity contribution in [2.75, 3.05) is 11.9 Å². The van der Waals surface area contributed by atoms with Crippen LogP contribution in [0, 0.1) is 5.92 Å². The lowest BCUT2D eigenvalue weighted by Gasteiger charge is -2.30. The first-order valence-corrected chi connectivity index (χ1v) is 9.02. The van der Waals surface area contributed by atoms with Gasteiger partial charge in [-0.05, 0) is 55.1 Å². The molecule has 0 amide bonds. The highest BCUT2D eigenvalue weighted by molar-refractivity contribution is 7.80. The van der Waals surface area contributed by atoms with Crippen LogP contribution in [0.2, 0.25) is 0 Å². The van der Waals surface area contributed by atoms with Crippen LogP contribution in [0.4, 0.5) is 5.69 Å². The van der Waals surface area contributed by atoms with E-state index in [-0.39, 0.29) is 0 Å². The van der Waals surface area contributed by atoms with Crippen LogP contribution in [0.15, 0.2) is 72.8 Å². The maximum absolute atomic E-state index is 5.72. The van der Waals surface area contributed by atoms with E-state index in [0.717, 1.165) is 30.3 Å². The van der Waals surface area contributed by atoms with Crippen molar-refractivity contribution in [3.05, 3.63) is 78.4 Å². The van der Waals surface area contributed by atoms with E-state index in [1.54, 1.807) is 0 Å². The molecule has 0 heterocycles. The number of nitrogens with zero attached hydrogens (tertiary/aromatic N) is 1. The predicted molar refractivity (Wildman–Crippen MR) is 106 cm³/mol. The highest BCUT2D eigenvalue weighted by Gasteiger charge is 2.17. The summed E-state index contributed by atoms with van der Waals surface area (Å²) < 4.78 is 0. The van der Waals surface area contributed by atoms with Gasteiger partial charge in [-0.3, -0.25) is 0 Å². The Labute approximate surface area is 150 Å². The summed E-state index contributed by atoms with van der Waals surface area (Å²) in [6.45, 7) is 1.84. The Hall–Kier alpha value is -2.13. The fourth-order valence-corrected chi connectivity index (χ4v) is 3.34. The van der Waals surface area contributed by atoms with E-state index in [9.17, 15) is 0 Å². The molecule has 2 aromatic carbocycles. The van der Waals surface area contributed by atoms with E-state index in [4.69, 9.17) is 12.2 Å². The third kappa shape index (κ3) is 4.93. The molecule has 2 nitrogen and oxygen atoms in total. The molecule has 0 fully saturated rings. The zero-order chi connectivity index (χ0) is 16.6. The third-order valence-electron chi connectivity index (χ3n) is 4.38. The molecule has 0 aromatic heterocycles. The zero-order valence-corrected chi connectivity index (χ0v) is 14.7. The number of anilines is 1. The minimum absolute atomic E-state index is 0.675. The summed E-state index contributed by atoms with van der Waals surface area (Å²) in [6, 6.07) is 20.7. The summed E-state index contributed by atoms with van der Waals surface area (Å²) >= 11 is 5.72. The maximum atomic E-state index is 5.72. The summed E-state index contributed by atoms with van der Waals surface area (Å²) in [6.07, 6.45) is 8.18. The van der Waals surface area contributed by atoms with E-state index < -0.39 is 0 Å². The van der Waals surface area contributed by atoms with Crippen molar-refractivity contribution < 1.29 is 0 Å². The molecule has 1 atom stereocenters. The van der Waals surface area contributed by atoms with Crippen LogP contribution in [0.25, 0.3) is 0 Å². The summed E-state index contributed by atoms with van der Waals surface area (Å²) in [5.74, 6) is 0.675. The topological polar surface area (TPSA) is 15.3 Å². The molecular weight excluding hydrogens is 312 g/mol. The Morgan fingerprint density at radius 2 is 1.71 bits per heavy atom. The number of hydrogen-bond acceptors (Lipinski definition) is 1. The van der Waals surface area contributed by atoms with Gasteiger partial charge in [0.15, 0.2) is 5.11 Å². The lowest BCUT2D eigenvalue weighted by molar-refractivity contribution is 0.319. The lowest BCUT2D eigenvalue weighted by Crippen LogP contribution is -2.38. The predicted octanol–water partition coefficient (Wildman–Crippen LogP) is 5.24. The zero-order valence-electron chi connectivity index (χ0n) is 13.9. The van der Waals surface area contributed by atoms with Crippen molar-refractivity contribution in [1.82, 2.24) is 4.90 Å². The molecule has 1 aliphatic carbocycles. The maximum Gasteiger partial charge on any atom is 0.173 e. The molecule has 0 radical (unpaired) electrons. The Balaban J connectivity index is 1.70. The van der Waals surface area contributed by atoms with E-state index in [0.29, 0.717) is 5.92 Å². The van der Waals surface area contributed by atoms with E-state index in [1.807, 2.05) is 18.2 Å². The van der Waals surface area contributed by atoms with Crippen molar-refractivity contribution in [2.24, 2.45) is 5.92 Å². The molecule has 3 rings (SSSR count). The first-order valence-electron chi connectivity index (χ1n) is 8.61. The second kappa shape index (κ2) is 8.65. The van der Waals surface area contributed by atoms with Crippen LogP contribution in [0.5, 0.6) is 0 Å². The number of para-hydroxylation sites is 1. The van der Waals surface area contributed by atoms with Gasteiger partial charge in [0.05, 0.1) is 0 Å². The number of hydrogen-bond donors (Lipinski definition) is 1. The minimum Gasteiger partial charge on any atom is -0.344 e. The molecule has 1 aliphatic rings. The average Bonchev–Trinajstić information content (AvgIpc) is 2.64. The SMILES string of the molecule is S=C(Nc1ccccc1)N(Cc1ccccc1)CC1CC=CCC1. The average molecular weight is 337 g/mol. The van der Waals surface area contributed by atoms with Crippen molar-refractivity contribution in [3.8, 4) is 0 Å². The normalized spacial score (nSPS) is 16.6. The fraction of sp³-hybridized carbons (Fsp3) is 0.286. The summed E-state index contributed by atoms with van der Waals surface area (Å²) in [5.41, 5.74) is 2.34. The summed E-state index contributed by atoms with van der Waals surface area (Å²) in [7, 11) is 0. The van der Waals surface area contributed by atoms with Crippen molar-refractivity contribution >= 4 is 23.0 Å². The van der Waals surface area contributed by atoms with Gasteiger partial charge in [0.25, 0.3) is 0 Å². The number of thiocarbonyl (C=S) groups is 1. The van der Waals surface area contributed by atoms with Crippen molar-refractivity contribution in [1.29, 1.82) is 0 Å². The molecule has 0 aliphatic heterocycles. The molecule has 124 valence electrons. The molecule has 0 spiro atoms. The van der Waals surface area contributed by atoms with Gasteiger partial charge < -0.3 is 10.2 Å². The Bertz CT molecular complexity index is 667. The quantitative estimate of drug-likeness (QED) is 0.593. The van der Waals surface area contributed by atoms with Gasteiger partial charge in [-0.25, -0.2) is 0 Å². The van der Waals surface area contributed by atoms with Crippen LogP contribution in [0.1, 0.15) is 24.8 Å². The first-order chi connectivity index (χ1) is 11.8. The lowest BCUT2D eigenvalue weighted by atomic mass is 9.94. The smallest absolute Gasteiger partial charge is 0.173 e. The number of benzene rings is 2. The van der Waals surface area contributed by atoms with Crippen LogP contribution < -0.4 is 5.32 Å². The second-order valence-corrected chi connectivity index (χ2v) is 6.70. The molecule has 3 heteroatoms. The van der Waals surface area contributed by atoms with Crippen LogP contribution >= 0.6 is 12.2 Å². The first kappa shape index (κ1) is 16.7. The highest BCUT2D eigenvalue weighted by atomic mass is 32.1. The van der Waals surface area contributed by atoms with Crippen LogP contribution in [-0.4, -0.2) is 16.6 Å². The summed E-state index contributed by atoms with van der Waals surface area (Å²) in [4.78, 5) is 2.31. The number of nitrogens with one attached hydrogen (secondary N) is 1. The Kier molecular flexibility index (Phi) is 6.02. The van der Waals surface area contributed by atoms with Crippen molar-refractivity contribution in [3.63, 3.8) is 0 Å². The second-order valence-electron chi connectivity index (χ2n) is 6.31. The van der Waals surface area contributed by atoms with Gasteiger partial charge in [-0.1, -0.05) is 60.7 Å². The third-order valence-corrected chi connectivity index (χ3v) is 4.75. The number of allylic oxidation sites excluding steroid dienone is 2. The monoisotopic (exact) mass is 336 g/mol. The Morgan fingerprint density at radius 3 is 2.38 bits per heavy atom. The van der Waals surface area contributed by atoms with Gasteiger partial charge in [0, 0.05) is 18.8 Å². The van der Waals surface area contributed by atoms with Gasteiger partial charge in [-0.15, -0.1) is 0 Å². The summed E-state index contributed by atoms with van der Waals surface area (Å²) in [5, 5.41) is 4.20. The van der Waals surface area contributed by atoms with Crippen LogP contribution in [-0.2, 0) is 6.54 Å². The van der Waals surface area contributed by atoms with Crippen LogP contribution in [0.3, 0.4) is 0 Å². The van der Waals surface area contributed by atoms with Gasteiger partial charge in [0.2, 0.25) is 0 Å². The molecule has 0 saturated heterocycles. The molecule has 0 bridgehead atoms. The van der Waals surface area contributed by atoms with E-state index in [2.05, 4.69) is 64.8 Å². The van der Waals surface area contributed by atoms with Gasteiger partial charge in [0.1, 0.15) is 0 Å². The minimum atomic E-state index is 0.675. The molecule has 1 N–H and O–H groups in total. The number of rotatable bonds is 5. The molecule has 0 saturated carbocycles. The molecule has 24 heavy (non-hydrogen) atoms. The fourth-order valence-electron chi connectivity index (χ4n) is 3.08. The highest BCUT2D eigenvalue weighted by Crippen LogP contribution is 2.21. The molecule has 1 unspecified atom stereocenters. The standard InChI is InChI=1S/C21H24N2S/c24-21(22-20-14-8-3-9-15-20)23(16-18-10-4-1-5-11-18)17-19-12-6-2-7-13-19/h1-6,8-11,14-15,19H,7,12-13,16-17H2,(H,22,24). The molecule has 2 aromatic rings. The van der Waals surface area contributed by atoms with Crippen molar-refractivity contribution in [2.45, 2.75) is 25.8 Å². The van der Waals surface area contributed by atoms with E-state index in [1.165, 1.54) is 18.4 Å². The van der Waals surface area contributed by atoms with E-state index >= 15 is 0 Å². The largest absolute Gasteiger partial charge is 0.344 e. The van der Waals surface area contributed by atoms with Gasteiger partial charge >= 0.3 is 0 Å². The van der Waals surface area contributed by atoms with Gasteiger partial charge in [-0.2, -0.15) is 0 Å². The Morgan fingerprint density at radius 1 is 1.00 bits per heavy atom. The molecular formula is C21H24N2S.